The van der Waals surface area contributed by atoms with Crippen LogP contribution in [-0.2, 0) is 24.3 Å². The number of piperidine rings is 1. The van der Waals surface area contributed by atoms with Crippen molar-refractivity contribution in [3.63, 3.8) is 0 Å². The van der Waals surface area contributed by atoms with E-state index in [4.69, 9.17) is 9.47 Å². The van der Waals surface area contributed by atoms with E-state index in [-0.39, 0.29) is 41.4 Å². The Bertz CT molecular complexity index is 938. The molecule has 9 nitrogen and oxygen atoms in total. The molecule has 3 rings (SSSR count). The van der Waals surface area contributed by atoms with E-state index in [0.717, 1.165) is 32.4 Å². The highest BCUT2D eigenvalue weighted by Gasteiger charge is 2.29. The Morgan fingerprint density at radius 3 is 2.36 bits per heavy atom. The molecule has 1 aromatic rings. The molecule has 2 fully saturated rings. The minimum Gasteiger partial charge on any atom is -0.452 e. The van der Waals surface area contributed by atoms with Crippen LogP contribution in [0.4, 0.5) is 5.69 Å². The van der Waals surface area contributed by atoms with Crippen molar-refractivity contribution in [2.75, 3.05) is 50.9 Å². The molecule has 0 radical (unpaired) electrons. The fraction of sp³-hybridized carbons (Fsp3) is 0.652. The van der Waals surface area contributed by atoms with Crippen LogP contribution in [0.2, 0.25) is 0 Å². The summed E-state index contributed by atoms with van der Waals surface area (Å²) in [5, 5.41) is 2.80. The molecule has 0 unspecified atom stereocenters. The number of ether oxygens (including phenoxy) is 2. The molecule has 0 aromatic heterocycles. The number of hydrogen-bond acceptors (Lipinski definition) is 7. The molecule has 1 aromatic carbocycles. The van der Waals surface area contributed by atoms with Crippen LogP contribution >= 0.6 is 0 Å². The van der Waals surface area contributed by atoms with Crippen LogP contribution in [0.5, 0.6) is 0 Å². The normalized spacial score (nSPS) is 18.7. The van der Waals surface area contributed by atoms with E-state index in [2.05, 4.69) is 10.2 Å². The molecule has 10 heteroatoms. The van der Waals surface area contributed by atoms with E-state index < -0.39 is 22.6 Å². The number of amides is 1. The van der Waals surface area contributed by atoms with Crippen molar-refractivity contribution in [1.82, 2.24) is 9.62 Å². The quantitative estimate of drug-likeness (QED) is 0.566. The summed E-state index contributed by atoms with van der Waals surface area (Å²) in [6.45, 7) is 8.21. The number of rotatable bonds is 8. The van der Waals surface area contributed by atoms with E-state index in [0.29, 0.717) is 18.9 Å². The van der Waals surface area contributed by atoms with Gasteiger partial charge in [-0.2, -0.15) is 4.31 Å². The lowest BCUT2D eigenvalue weighted by Gasteiger charge is -2.31. The number of carbonyl (C=O) groups excluding carboxylic acids is 2. The van der Waals surface area contributed by atoms with Gasteiger partial charge in [0.15, 0.2) is 6.61 Å². The van der Waals surface area contributed by atoms with Gasteiger partial charge in [-0.05, 0) is 50.3 Å². The molecule has 0 aliphatic carbocycles. The SMILES string of the molecule is CC(C)[C@@H](C)NC(=O)COC(=O)c1cc(S(=O)(=O)N2CCOCC2)ccc1N1CCCCC1. The van der Waals surface area contributed by atoms with Crippen molar-refractivity contribution in [2.45, 2.75) is 51.0 Å². The standard InChI is InChI=1S/C23H35N3O6S/c1-17(2)18(3)24-22(27)16-32-23(28)20-15-19(33(29,30)26-11-13-31-14-12-26)7-8-21(20)25-9-5-4-6-10-25/h7-8,15,17-18H,4-6,9-14,16H2,1-3H3,(H,24,27)/t18-/m1/s1. The second kappa shape index (κ2) is 11.3. The fourth-order valence-corrected chi connectivity index (χ4v) is 5.29. The summed E-state index contributed by atoms with van der Waals surface area (Å²) in [6, 6.07) is 4.55. The van der Waals surface area contributed by atoms with Crippen LogP contribution in [0.3, 0.4) is 0 Å². The van der Waals surface area contributed by atoms with E-state index in [9.17, 15) is 18.0 Å². The molecule has 0 spiro atoms. The molecule has 1 atom stereocenters. The fourth-order valence-electron chi connectivity index (χ4n) is 3.86. The van der Waals surface area contributed by atoms with Gasteiger partial charge in [-0.1, -0.05) is 13.8 Å². The summed E-state index contributed by atoms with van der Waals surface area (Å²) < 4.78 is 38.2. The first kappa shape index (κ1) is 25.5. The van der Waals surface area contributed by atoms with Gasteiger partial charge in [0.2, 0.25) is 10.0 Å². The van der Waals surface area contributed by atoms with Gasteiger partial charge in [-0.25, -0.2) is 13.2 Å². The molecular formula is C23H35N3O6S. The molecule has 2 saturated heterocycles. The average Bonchev–Trinajstić information content (AvgIpc) is 2.83. The number of benzene rings is 1. The van der Waals surface area contributed by atoms with Gasteiger partial charge < -0.3 is 19.7 Å². The molecule has 0 saturated carbocycles. The topological polar surface area (TPSA) is 105 Å². The van der Waals surface area contributed by atoms with Crippen molar-refractivity contribution in [3.05, 3.63) is 23.8 Å². The summed E-state index contributed by atoms with van der Waals surface area (Å²) >= 11 is 0. The zero-order valence-corrected chi connectivity index (χ0v) is 20.5. The molecule has 2 aliphatic rings. The maximum atomic E-state index is 13.1. The summed E-state index contributed by atoms with van der Waals surface area (Å²) in [5.41, 5.74) is 0.799. The van der Waals surface area contributed by atoms with Crippen molar-refractivity contribution < 1.29 is 27.5 Å². The summed E-state index contributed by atoms with van der Waals surface area (Å²) in [5.74, 6) is -0.847. The van der Waals surface area contributed by atoms with Crippen LogP contribution in [0.25, 0.3) is 0 Å². The van der Waals surface area contributed by atoms with Gasteiger partial charge >= 0.3 is 5.97 Å². The van der Waals surface area contributed by atoms with Crippen LogP contribution < -0.4 is 10.2 Å². The Hall–Kier alpha value is -2.17. The Labute approximate surface area is 196 Å². The zero-order valence-electron chi connectivity index (χ0n) is 19.7. The number of anilines is 1. The lowest BCUT2D eigenvalue weighted by Crippen LogP contribution is -2.40. The minimum atomic E-state index is -3.77. The number of esters is 1. The Balaban J connectivity index is 1.83. The second-order valence-corrected chi connectivity index (χ2v) is 10.9. The van der Waals surface area contributed by atoms with Crippen molar-refractivity contribution in [3.8, 4) is 0 Å². The molecule has 33 heavy (non-hydrogen) atoms. The third kappa shape index (κ3) is 6.45. The van der Waals surface area contributed by atoms with E-state index >= 15 is 0 Å². The van der Waals surface area contributed by atoms with Gasteiger partial charge in [-0.3, -0.25) is 4.79 Å². The lowest BCUT2D eigenvalue weighted by molar-refractivity contribution is -0.125. The summed E-state index contributed by atoms with van der Waals surface area (Å²) in [6.07, 6.45) is 3.11. The highest BCUT2D eigenvalue weighted by Crippen LogP contribution is 2.29. The first-order chi connectivity index (χ1) is 15.7. The van der Waals surface area contributed by atoms with E-state index in [1.54, 1.807) is 12.1 Å². The summed E-state index contributed by atoms with van der Waals surface area (Å²) in [7, 11) is -3.77. The predicted octanol–water partition coefficient (Wildman–Crippen LogP) is 2.02. The molecule has 0 bridgehead atoms. The first-order valence-corrected chi connectivity index (χ1v) is 13.1. The number of hydrogen-bond donors (Lipinski definition) is 1. The van der Waals surface area contributed by atoms with Gasteiger partial charge in [0.25, 0.3) is 5.91 Å². The van der Waals surface area contributed by atoms with Gasteiger partial charge in [-0.15, -0.1) is 0 Å². The molecular weight excluding hydrogens is 446 g/mol. The van der Waals surface area contributed by atoms with E-state index in [1.165, 1.54) is 10.4 Å². The lowest BCUT2D eigenvalue weighted by atomic mass is 10.1. The number of nitrogens with zero attached hydrogens (tertiary/aromatic N) is 2. The van der Waals surface area contributed by atoms with Crippen LogP contribution in [0.1, 0.15) is 50.4 Å². The summed E-state index contributed by atoms with van der Waals surface area (Å²) in [4.78, 5) is 27.3. The van der Waals surface area contributed by atoms with Crippen molar-refractivity contribution >= 4 is 27.6 Å². The molecule has 1 N–H and O–H groups in total. The highest BCUT2D eigenvalue weighted by molar-refractivity contribution is 7.89. The van der Waals surface area contributed by atoms with Gasteiger partial charge in [0.05, 0.1) is 29.4 Å². The number of sulfonamides is 1. The molecule has 184 valence electrons. The monoisotopic (exact) mass is 481 g/mol. The number of morpholine rings is 1. The number of nitrogens with one attached hydrogen (secondary N) is 1. The average molecular weight is 482 g/mol. The number of carbonyl (C=O) groups is 2. The Morgan fingerprint density at radius 1 is 1.06 bits per heavy atom. The first-order valence-electron chi connectivity index (χ1n) is 11.6. The molecule has 2 heterocycles. The second-order valence-electron chi connectivity index (χ2n) is 8.92. The Morgan fingerprint density at radius 2 is 1.73 bits per heavy atom. The van der Waals surface area contributed by atoms with E-state index in [1.807, 2.05) is 20.8 Å². The largest absolute Gasteiger partial charge is 0.452 e. The Kier molecular flexibility index (Phi) is 8.72. The maximum absolute atomic E-state index is 13.1. The highest BCUT2D eigenvalue weighted by atomic mass is 32.2. The maximum Gasteiger partial charge on any atom is 0.340 e. The van der Waals surface area contributed by atoms with Gasteiger partial charge in [0, 0.05) is 32.2 Å². The zero-order chi connectivity index (χ0) is 24.0. The molecule has 1 amide bonds. The minimum absolute atomic E-state index is 0.0370. The van der Waals surface area contributed by atoms with Crippen LogP contribution in [0, 0.1) is 5.92 Å². The van der Waals surface area contributed by atoms with Crippen LogP contribution in [0.15, 0.2) is 23.1 Å². The van der Waals surface area contributed by atoms with Crippen molar-refractivity contribution in [1.29, 1.82) is 0 Å². The van der Waals surface area contributed by atoms with Gasteiger partial charge in [0.1, 0.15) is 0 Å². The third-order valence-electron chi connectivity index (χ3n) is 6.22. The van der Waals surface area contributed by atoms with Crippen molar-refractivity contribution in [2.24, 2.45) is 5.92 Å². The smallest absolute Gasteiger partial charge is 0.340 e. The van der Waals surface area contributed by atoms with Crippen LogP contribution in [-0.4, -0.2) is 76.6 Å². The third-order valence-corrected chi connectivity index (χ3v) is 8.11. The molecule has 2 aliphatic heterocycles. The predicted molar refractivity (Wildman–Crippen MR) is 125 cm³/mol.